The van der Waals surface area contributed by atoms with E-state index in [1.165, 1.54) is 44.1 Å². The molecule has 0 atom stereocenters. The zero-order chi connectivity index (χ0) is 21.9. The second-order valence-corrected chi connectivity index (χ2v) is 10.0. The van der Waals surface area contributed by atoms with Crippen molar-refractivity contribution in [1.82, 2.24) is 13.9 Å². The fourth-order valence-electron chi connectivity index (χ4n) is 2.76. The lowest BCUT2D eigenvalue weighted by Crippen LogP contribution is -2.22. The van der Waals surface area contributed by atoms with E-state index in [1.807, 2.05) is 28.8 Å². The number of thioether (sulfide) groups is 1. The number of nitrogens with zero attached hydrogens (tertiary/aromatic N) is 3. The van der Waals surface area contributed by atoms with Gasteiger partial charge in [-0.15, -0.1) is 6.58 Å². The number of allylic oxidation sites excluding steroid dienone is 1. The molecule has 1 aromatic heterocycles. The van der Waals surface area contributed by atoms with Crippen molar-refractivity contribution in [2.45, 2.75) is 16.6 Å². The Labute approximate surface area is 184 Å². The van der Waals surface area contributed by atoms with E-state index in [4.69, 9.17) is 11.6 Å². The van der Waals surface area contributed by atoms with Crippen molar-refractivity contribution >= 4 is 56.0 Å². The van der Waals surface area contributed by atoms with Crippen LogP contribution in [0.5, 0.6) is 0 Å². The van der Waals surface area contributed by atoms with Crippen molar-refractivity contribution in [3.63, 3.8) is 0 Å². The van der Waals surface area contributed by atoms with Gasteiger partial charge in [-0.3, -0.25) is 4.79 Å². The largest absolute Gasteiger partial charge is 0.324 e. The number of anilines is 1. The molecule has 158 valence electrons. The van der Waals surface area contributed by atoms with Crippen LogP contribution in [0.15, 0.2) is 65.2 Å². The lowest BCUT2D eigenvalue weighted by molar-refractivity contribution is -0.113. The molecule has 1 amide bonds. The number of hydrogen-bond acceptors (Lipinski definition) is 5. The summed E-state index contributed by atoms with van der Waals surface area (Å²) in [7, 11) is -0.761. The van der Waals surface area contributed by atoms with Crippen LogP contribution in [0.25, 0.3) is 11.0 Å². The van der Waals surface area contributed by atoms with Crippen LogP contribution in [0.1, 0.15) is 0 Å². The maximum absolute atomic E-state index is 12.5. The summed E-state index contributed by atoms with van der Waals surface area (Å²) in [6.45, 7) is 4.35. The first kappa shape index (κ1) is 22.4. The van der Waals surface area contributed by atoms with Gasteiger partial charge in [0.05, 0.1) is 32.4 Å². The summed E-state index contributed by atoms with van der Waals surface area (Å²) >= 11 is 7.43. The molecular weight excluding hydrogens is 444 g/mol. The van der Waals surface area contributed by atoms with Gasteiger partial charge in [0.25, 0.3) is 0 Å². The van der Waals surface area contributed by atoms with Crippen molar-refractivity contribution in [2.24, 2.45) is 0 Å². The normalized spacial score (nSPS) is 11.7. The van der Waals surface area contributed by atoms with Crippen molar-refractivity contribution < 1.29 is 13.2 Å². The summed E-state index contributed by atoms with van der Waals surface area (Å²) in [5.74, 6) is -0.236. The molecule has 0 saturated heterocycles. The van der Waals surface area contributed by atoms with Crippen LogP contribution in [-0.4, -0.2) is 48.0 Å². The standard InChI is InChI=1S/C20H21ClN4O3S2/c1-4-11-25-18-8-6-5-7-16(18)23-20(25)29-13-19(26)22-17-12-14(9-10-15(17)21)30(27,28)24(2)3/h4-10,12H,1,11,13H2,2-3H3,(H,22,26). The fourth-order valence-corrected chi connectivity index (χ4v) is 4.67. The average molecular weight is 465 g/mol. The first-order valence-electron chi connectivity index (χ1n) is 8.95. The van der Waals surface area contributed by atoms with Crippen molar-refractivity contribution in [3.8, 4) is 0 Å². The summed E-state index contributed by atoms with van der Waals surface area (Å²) in [6.07, 6.45) is 1.77. The van der Waals surface area contributed by atoms with Crippen LogP contribution in [-0.2, 0) is 21.4 Å². The lowest BCUT2D eigenvalue weighted by Gasteiger charge is -2.14. The van der Waals surface area contributed by atoms with E-state index in [-0.39, 0.29) is 27.3 Å². The molecule has 0 radical (unpaired) electrons. The number of imidazole rings is 1. The number of benzene rings is 2. The predicted molar refractivity (Wildman–Crippen MR) is 122 cm³/mol. The number of para-hydroxylation sites is 2. The molecule has 7 nitrogen and oxygen atoms in total. The molecule has 10 heteroatoms. The van der Waals surface area contributed by atoms with Crippen LogP contribution in [0.2, 0.25) is 5.02 Å². The first-order chi connectivity index (χ1) is 14.2. The molecule has 0 bridgehead atoms. The zero-order valence-corrected chi connectivity index (χ0v) is 18.9. The Hall–Kier alpha value is -2.33. The molecule has 1 N–H and O–H groups in total. The number of aromatic nitrogens is 2. The highest BCUT2D eigenvalue weighted by Gasteiger charge is 2.19. The molecule has 0 aliphatic carbocycles. The van der Waals surface area contributed by atoms with Crippen molar-refractivity contribution in [2.75, 3.05) is 25.2 Å². The van der Waals surface area contributed by atoms with Crippen LogP contribution in [0, 0.1) is 0 Å². The van der Waals surface area contributed by atoms with Crippen molar-refractivity contribution in [1.29, 1.82) is 0 Å². The minimum Gasteiger partial charge on any atom is -0.324 e. The first-order valence-corrected chi connectivity index (χ1v) is 11.8. The number of carbonyl (C=O) groups excluding carboxylic acids is 1. The second kappa shape index (κ2) is 9.22. The van der Waals surface area contributed by atoms with E-state index in [2.05, 4.69) is 16.9 Å². The summed E-state index contributed by atoms with van der Waals surface area (Å²) in [5, 5.41) is 3.64. The molecule has 3 rings (SSSR count). The number of nitrogens with one attached hydrogen (secondary N) is 1. The van der Waals surface area contributed by atoms with Crippen LogP contribution in [0.3, 0.4) is 0 Å². The van der Waals surface area contributed by atoms with Gasteiger partial charge in [0.1, 0.15) is 0 Å². The molecule has 3 aromatic rings. The van der Waals surface area contributed by atoms with E-state index < -0.39 is 10.0 Å². The smallest absolute Gasteiger partial charge is 0.242 e. The van der Waals surface area contributed by atoms with Gasteiger partial charge in [-0.2, -0.15) is 0 Å². The number of sulfonamides is 1. The van der Waals surface area contributed by atoms with Gasteiger partial charge in [0.15, 0.2) is 5.16 Å². The van der Waals surface area contributed by atoms with Crippen molar-refractivity contribution in [3.05, 3.63) is 60.1 Å². The monoisotopic (exact) mass is 464 g/mol. The van der Waals surface area contributed by atoms with Gasteiger partial charge < -0.3 is 9.88 Å². The van der Waals surface area contributed by atoms with E-state index in [0.717, 1.165) is 15.3 Å². The van der Waals surface area contributed by atoms with Gasteiger partial charge in [0.2, 0.25) is 15.9 Å². The fraction of sp³-hybridized carbons (Fsp3) is 0.200. The SMILES string of the molecule is C=CCn1c(SCC(=O)Nc2cc(S(=O)(=O)N(C)C)ccc2Cl)nc2ccccc21. The topological polar surface area (TPSA) is 84.3 Å². The zero-order valence-electron chi connectivity index (χ0n) is 16.5. The Bertz CT molecular complexity index is 1210. The minimum absolute atomic E-state index is 0.0487. The minimum atomic E-state index is -3.64. The van der Waals surface area contributed by atoms with E-state index in [0.29, 0.717) is 11.7 Å². The third-order valence-corrected chi connectivity index (χ3v) is 7.37. The van der Waals surface area contributed by atoms with Gasteiger partial charge in [-0.05, 0) is 30.3 Å². The number of amides is 1. The van der Waals surface area contributed by atoms with Crippen LogP contribution < -0.4 is 5.32 Å². The maximum atomic E-state index is 12.5. The Balaban J connectivity index is 1.76. The molecule has 0 saturated carbocycles. The predicted octanol–water partition coefficient (Wildman–Crippen LogP) is 3.86. The summed E-state index contributed by atoms with van der Waals surface area (Å²) in [6, 6.07) is 11.9. The Morgan fingerprint density at radius 1 is 1.30 bits per heavy atom. The van der Waals surface area contributed by atoms with Gasteiger partial charge in [-0.25, -0.2) is 17.7 Å². The third kappa shape index (κ3) is 4.70. The molecule has 0 fully saturated rings. The average Bonchev–Trinajstić information content (AvgIpc) is 3.06. The molecule has 0 spiro atoms. The molecule has 0 unspecified atom stereocenters. The Kier molecular flexibility index (Phi) is 6.87. The Morgan fingerprint density at radius 2 is 2.03 bits per heavy atom. The Morgan fingerprint density at radius 3 is 2.73 bits per heavy atom. The number of halogens is 1. The van der Waals surface area contributed by atoms with E-state index >= 15 is 0 Å². The number of fused-ring (bicyclic) bond motifs is 1. The van der Waals surface area contributed by atoms with Gasteiger partial charge in [-0.1, -0.05) is 41.6 Å². The molecule has 0 aliphatic heterocycles. The third-order valence-electron chi connectivity index (χ3n) is 4.25. The molecule has 1 heterocycles. The summed E-state index contributed by atoms with van der Waals surface area (Å²) in [4.78, 5) is 17.1. The van der Waals surface area contributed by atoms with Gasteiger partial charge >= 0.3 is 0 Å². The molecule has 2 aromatic carbocycles. The lowest BCUT2D eigenvalue weighted by atomic mass is 10.3. The highest BCUT2D eigenvalue weighted by molar-refractivity contribution is 7.99. The van der Waals surface area contributed by atoms with Crippen LogP contribution >= 0.6 is 23.4 Å². The molecule has 0 aliphatic rings. The number of hydrogen-bond donors (Lipinski definition) is 1. The van der Waals surface area contributed by atoms with Gasteiger partial charge in [0, 0.05) is 20.6 Å². The maximum Gasteiger partial charge on any atom is 0.242 e. The molecule has 30 heavy (non-hydrogen) atoms. The number of carbonyl (C=O) groups is 1. The summed E-state index contributed by atoms with van der Waals surface area (Å²) < 4.78 is 27.7. The number of rotatable bonds is 8. The quantitative estimate of drug-likeness (QED) is 0.404. The van der Waals surface area contributed by atoms with Crippen LogP contribution in [0.4, 0.5) is 5.69 Å². The molecular formula is C20H21ClN4O3S2. The highest BCUT2D eigenvalue weighted by Crippen LogP contribution is 2.28. The van der Waals surface area contributed by atoms with E-state index in [9.17, 15) is 13.2 Å². The van der Waals surface area contributed by atoms with E-state index in [1.54, 1.807) is 6.08 Å². The summed E-state index contributed by atoms with van der Waals surface area (Å²) in [5.41, 5.74) is 2.04. The highest BCUT2D eigenvalue weighted by atomic mass is 35.5. The second-order valence-electron chi connectivity index (χ2n) is 6.55.